The molecule has 0 bridgehead atoms. The fraction of sp³-hybridized carbons (Fsp3) is 0. The summed E-state index contributed by atoms with van der Waals surface area (Å²) < 4.78 is 2.83. The van der Waals surface area contributed by atoms with Crippen molar-refractivity contribution in [3.8, 4) is 0 Å². The van der Waals surface area contributed by atoms with E-state index >= 15 is 0 Å². The second kappa shape index (κ2) is 2.02. The zero-order valence-corrected chi connectivity index (χ0v) is 5.83. The zero-order chi connectivity index (χ0) is 5.28. The molecule has 0 radical (unpaired) electrons. The van der Waals surface area contributed by atoms with Gasteiger partial charge in [0.25, 0.3) is 0 Å². The van der Waals surface area contributed by atoms with Crippen molar-refractivity contribution < 1.29 is 0 Å². The van der Waals surface area contributed by atoms with Crippen molar-refractivity contribution in [3.63, 3.8) is 0 Å². The molecule has 0 amide bonds. The SMILES string of the molecule is NC1=CS(=S)SN1. The van der Waals surface area contributed by atoms with Gasteiger partial charge in [0.2, 0.25) is 0 Å². The second-order valence-electron chi connectivity index (χ2n) is 1.02. The van der Waals surface area contributed by atoms with Crippen molar-refractivity contribution in [1.29, 1.82) is 0 Å². The quantitative estimate of drug-likeness (QED) is 0.378. The van der Waals surface area contributed by atoms with Crippen LogP contribution in [0.1, 0.15) is 0 Å². The maximum absolute atomic E-state index is 5.29. The van der Waals surface area contributed by atoms with Crippen LogP contribution in [0.25, 0.3) is 0 Å². The highest BCUT2D eigenvalue weighted by molar-refractivity contribution is 8.83. The summed E-state index contributed by atoms with van der Waals surface area (Å²) in [6.07, 6.45) is 0. The maximum Gasteiger partial charge on any atom is 0.114 e. The molecule has 1 rings (SSSR count). The molecule has 1 unspecified atom stereocenters. The molecule has 0 aromatic carbocycles. The van der Waals surface area contributed by atoms with E-state index in [1.165, 1.54) is 11.0 Å². The van der Waals surface area contributed by atoms with E-state index in [4.69, 9.17) is 16.9 Å². The summed E-state index contributed by atoms with van der Waals surface area (Å²) in [6.45, 7) is 0. The molecule has 0 aromatic rings. The van der Waals surface area contributed by atoms with E-state index in [0.717, 1.165) is 0 Å². The van der Waals surface area contributed by atoms with Crippen LogP contribution in [0.4, 0.5) is 0 Å². The summed E-state index contributed by atoms with van der Waals surface area (Å²) >= 11 is 4.85. The van der Waals surface area contributed by atoms with E-state index in [0.29, 0.717) is 5.82 Å². The predicted molar refractivity (Wildman–Crippen MR) is 37.7 cm³/mol. The Morgan fingerprint density at radius 2 is 2.71 bits per heavy atom. The van der Waals surface area contributed by atoms with E-state index in [1.807, 2.05) is 5.41 Å². The third kappa shape index (κ3) is 1.32. The third-order valence-corrected chi connectivity index (χ3v) is 3.33. The van der Waals surface area contributed by atoms with E-state index in [1.54, 1.807) is 0 Å². The van der Waals surface area contributed by atoms with Crippen LogP contribution in [0.3, 0.4) is 0 Å². The van der Waals surface area contributed by atoms with Crippen LogP contribution in [-0.4, -0.2) is 0 Å². The molecule has 1 aliphatic rings. The first-order valence-electron chi connectivity index (χ1n) is 1.60. The van der Waals surface area contributed by atoms with Crippen LogP contribution >= 0.6 is 11.0 Å². The summed E-state index contributed by atoms with van der Waals surface area (Å²) in [5, 5.41) is 1.83. The van der Waals surface area contributed by atoms with Gasteiger partial charge in [-0.1, -0.05) is 0 Å². The van der Waals surface area contributed by atoms with Crippen LogP contribution in [-0.2, 0) is 19.7 Å². The average Bonchev–Trinajstić information content (AvgIpc) is 1.87. The Morgan fingerprint density at radius 3 is 2.86 bits per heavy atom. The second-order valence-corrected chi connectivity index (χ2v) is 5.43. The lowest BCUT2D eigenvalue weighted by molar-refractivity contribution is 1.18. The molecule has 0 saturated carbocycles. The Morgan fingerprint density at radius 1 is 2.00 bits per heavy atom. The van der Waals surface area contributed by atoms with E-state index < -0.39 is 0 Å². The van der Waals surface area contributed by atoms with Crippen LogP contribution in [0.15, 0.2) is 11.2 Å². The lowest BCUT2D eigenvalue weighted by Crippen LogP contribution is -2.06. The maximum atomic E-state index is 5.29. The van der Waals surface area contributed by atoms with Gasteiger partial charge in [0.15, 0.2) is 0 Å². The van der Waals surface area contributed by atoms with Gasteiger partial charge in [-0.05, 0) is 19.7 Å². The van der Waals surface area contributed by atoms with Crippen LogP contribution in [0.5, 0.6) is 0 Å². The van der Waals surface area contributed by atoms with Gasteiger partial charge in [0.05, 0.1) is 0 Å². The van der Waals surface area contributed by atoms with E-state index in [9.17, 15) is 0 Å². The van der Waals surface area contributed by atoms with E-state index in [2.05, 4.69) is 4.72 Å². The number of hydrogen-bond donors (Lipinski definition) is 2. The molecule has 0 spiro atoms. The Hall–Kier alpha value is 0.260. The highest BCUT2D eigenvalue weighted by Crippen LogP contribution is 2.13. The van der Waals surface area contributed by atoms with Crippen LogP contribution in [0, 0.1) is 0 Å². The monoisotopic (exact) mass is 152 g/mol. The summed E-state index contributed by atoms with van der Waals surface area (Å²) in [4.78, 5) is 0. The molecule has 40 valence electrons. The van der Waals surface area contributed by atoms with Gasteiger partial charge in [-0.2, -0.15) is 0 Å². The van der Waals surface area contributed by atoms with Gasteiger partial charge in [-0.3, -0.25) is 0 Å². The standard InChI is InChI=1S/C2H4N2S3/c3-2-1-7(5)6-4-2/h1,4H,3H2. The summed E-state index contributed by atoms with van der Waals surface area (Å²) in [6, 6.07) is 0. The van der Waals surface area contributed by atoms with Gasteiger partial charge in [-0.15, -0.1) is 0 Å². The number of nitrogens with one attached hydrogen (secondary N) is 1. The van der Waals surface area contributed by atoms with Crippen LogP contribution in [0.2, 0.25) is 0 Å². The number of rotatable bonds is 0. The Labute approximate surface area is 52.7 Å². The molecule has 1 aliphatic heterocycles. The molecule has 5 heteroatoms. The molecule has 0 aliphatic carbocycles. The Kier molecular flexibility index (Phi) is 1.56. The first-order valence-corrected chi connectivity index (χ1v) is 5.15. The molecule has 7 heavy (non-hydrogen) atoms. The van der Waals surface area contributed by atoms with Crippen molar-refractivity contribution in [2.75, 3.05) is 0 Å². The number of hydrogen-bond acceptors (Lipinski definition) is 4. The minimum Gasteiger partial charge on any atom is -0.384 e. The lowest BCUT2D eigenvalue weighted by Gasteiger charge is -1.87. The van der Waals surface area contributed by atoms with Gasteiger partial charge >= 0.3 is 0 Å². The molecular formula is C2H4N2S3. The van der Waals surface area contributed by atoms with Gasteiger partial charge < -0.3 is 10.5 Å². The lowest BCUT2D eigenvalue weighted by atomic mass is 10.9. The largest absolute Gasteiger partial charge is 0.384 e. The molecule has 2 nitrogen and oxygen atoms in total. The van der Waals surface area contributed by atoms with E-state index in [-0.39, 0.29) is 8.49 Å². The van der Waals surface area contributed by atoms with Crippen molar-refractivity contribution in [2.24, 2.45) is 5.73 Å². The highest BCUT2D eigenvalue weighted by Gasteiger charge is 2.01. The molecule has 0 aromatic heterocycles. The van der Waals surface area contributed by atoms with Crippen LogP contribution < -0.4 is 10.5 Å². The van der Waals surface area contributed by atoms with Crippen molar-refractivity contribution in [3.05, 3.63) is 11.2 Å². The minimum absolute atomic E-state index is 0.101. The smallest absolute Gasteiger partial charge is 0.114 e. The van der Waals surface area contributed by atoms with Gasteiger partial charge in [0, 0.05) is 16.4 Å². The Balaban J connectivity index is 2.67. The Bertz CT molecular complexity index is 129. The average molecular weight is 152 g/mol. The molecular weight excluding hydrogens is 148 g/mol. The first-order chi connectivity index (χ1) is 3.29. The molecule has 0 saturated heterocycles. The fourth-order valence-corrected chi connectivity index (χ4v) is 2.47. The minimum atomic E-state index is -0.101. The normalized spacial score (nSPS) is 29.1. The topological polar surface area (TPSA) is 38.0 Å². The summed E-state index contributed by atoms with van der Waals surface area (Å²) in [5.74, 6) is 0.698. The first kappa shape index (κ1) is 5.40. The third-order valence-electron chi connectivity index (χ3n) is 0.465. The summed E-state index contributed by atoms with van der Waals surface area (Å²) in [5.41, 5.74) is 5.29. The molecule has 1 heterocycles. The molecule has 3 N–H and O–H groups in total. The predicted octanol–water partition coefficient (Wildman–Crippen LogP) is -0.00940. The zero-order valence-electron chi connectivity index (χ0n) is 3.38. The summed E-state index contributed by atoms with van der Waals surface area (Å²) in [7, 11) is 1.38. The fourth-order valence-electron chi connectivity index (χ4n) is 0.241. The van der Waals surface area contributed by atoms with Gasteiger partial charge in [0.1, 0.15) is 5.82 Å². The van der Waals surface area contributed by atoms with Crippen molar-refractivity contribution in [2.45, 2.75) is 0 Å². The van der Waals surface area contributed by atoms with Gasteiger partial charge in [-0.25, -0.2) is 0 Å². The highest BCUT2D eigenvalue weighted by atomic mass is 33.3. The van der Waals surface area contributed by atoms with Crippen molar-refractivity contribution in [1.82, 2.24) is 4.72 Å². The number of nitrogens with two attached hydrogens (primary N) is 1. The molecule has 0 fully saturated rings. The molecule has 1 atom stereocenters. The van der Waals surface area contributed by atoms with Crippen molar-refractivity contribution >= 4 is 30.7 Å².